The van der Waals surface area contributed by atoms with E-state index in [0.717, 1.165) is 17.5 Å². The predicted octanol–water partition coefficient (Wildman–Crippen LogP) is 3.58. The van der Waals surface area contributed by atoms with Crippen molar-refractivity contribution < 1.29 is 4.39 Å². The number of rotatable bonds is 3. The normalized spacial score (nSPS) is 11.9. The zero-order chi connectivity index (χ0) is 11.4. The second kappa shape index (κ2) is 5.29. The molecular formula is C12H15ClFN. The van der Waals surface area contributed by atoms with Crippen molar-refractivity contribution in [1.29, 1.82) is 0 Å². The van der Waals surface area contributed by atoms with E-state index in [1.54, 1.807) is 6.07 Å². The first-order chi connectivity index (χ1) is 7.10. The van der Waals surface area contributed by atoms with Crippen molar-refractivity contribution in [2.75, 3.05) is 0 Å². The Morgan fingerprint density at radius 2 is 2.20 bits per heavy atom. The molecule has 82 valence electrons. The van der Waals surface area contributed by atoms with Gasteiger partial charge in [0.25, 0.3) is 0 Å². The van der Waals surface area contributed by atoms with Crippen LogP contribution in [0, 0.1) is 12.7 Å². The Balaban J connectivity index is 3.24. The van der Waals surface area contributed by atoms with Crippen molar-refractivity contribution in [2.45, 2.75) is 26.8 Å². The van der Waals surface area contributed by atoms with Crippen LogP contribution in [-0.2, 0) is 6.54 Å². The van der Waals surface area contributed by atoms with Gasteiger partial charge in [-0.15, -0.1) is 0 Å². The van der Waals surface area contributed by atoms with Gasteiger partial charge in [0.1, 0.15) is 5.82 Å². The van der Waals surface area contributed by atoms with Gasteiger partial charge in [0.05, 0.1) is 0 Å². The summed E-state index contributed by atoms with van der Waals surface area (Å²) in [5.74, 6) is -0.264. The van der Waals surface area contributed by atoms with Crippen molar-refractivity contribution in [3.63, 3.8) is 0 Å². The van der Waals surface area contributed by atoms with Crippen LogP contribution >= 0.6 is 11.6 Å². The minimum atomic E-state index is -0.264. The molecule has 0 aliphatic heterocycles. The van der Waals surface area contributed by atoms with Crippen LogP contribution in [0.3, 0.4) is 0 Å². The number of hydrogen-bond acceptors (Lipinski definition) is 1. The molecule has 0 saturated carbocycles. The number of nitrogens with two attached hydrogens (primary N) is 1. The van der Waals surface area contributed by atoms with E-state index in [2.05, 4.69) is 0 Å². The Morgan fingerprint density at radius 1 is 1.53 bits per heavy atom. The highest BCUT2D eigenvalue weighted by atomic mass is 35.5. The highest BCUT2D eigenvalue weighted by molar-refractivity contribution is 6.48. The highest BCUT2D eigenvalue weighted by Crippen LogP contribution is 2.25. The fraction of sp³-hybridized carbons (Fsp3) is 0.333. The number of benzene rings is 1. The van der Waals surface area contributed by atoms with E-state index in [1.807, 2.05) is 19.9 Å². The van der Waals surface area contributed by atoms with Crippen LogP contribution in [0.5, 0.6) is 0 Å². The van der Waals surface area contributed by atoms with Crippen LogP contribution in [-0.4, -0.2) is 0 Å². The third kappa shape index (κ3) is 2.80. The molecule has 0 spiro atoms. The molecule has 0 bridgehead atoms. The summed E-state index contributed by atoms with van der Waals surface area (Å²) in [6, 6.07) is 3.20. The molecule has 0 aromatic heterocycles. The monoisotopic (exact) mass is 227 g/mol. The molecule has 0 fully saturated rings. The largest absolute Gasteiger partial charge is 0.326 e. The second-order valence-electron chi connectivity index (χ2n) is 3.42. The quantitative estimate of drug-likeness (QED) is 0.839. The smallest absolute Gasteiger partial charge is 0.127 e. The van der Waals surface area contributed by atoms with Gasteiger partial charge in [-0.3, -0.25) is 0 Å². The molecular weight excluding hydrogens is 213 g/mol. The SMILES string of the molecule is CCC=C(Cl)c1cc(CN)c(F)cc1C. The van der Waals surface area contributed by atoms with Gasteiger partial charge in [0.2, 0.25) is 0 Å². The Morgan fingerprint density at radius 3 is 2.73 bits per heavy atom. The first-order valence-corrected chi connectivity index (χ1v) is 5.33. The van der Waals surface area contributed by atoms with Gasteiger partial charge in [0, 0.05) is 17.1 Å². The summed E-state index contributed by atoms with van der Waals surface area (Å²) in [5, 5.41) is 0.657. The molecule has 0 amide bonds. The van der Waals surface area contributed by atoms with Crippen molar-refractivity contribution >= 4 is 16.6 Å². The molecule has 15 heavy (non-hydrogen) atoms. The first-order valence-electron chi connectivity index (χ1n) is 4.95. The molecule has 2 N–H and O–H groups in total. The molecule has 0 heterocycles. The summed E-state index contributed by atoms with van der Waals surface area (Å²) < 4.78 is 13.3. The lowest BCUT2D eigenvalue weighted by molar-refractivity contribution is 0.609. The summed E-state index contributed by atoms with van der Waals surface area (Å²) in [4.78, 5) is 0. The van der Waals surface area contributed by atoms with Crippen molar-refractivity contribution in [3.05, 3.63) is 40.7 Å². The summed E-state index contributed by atoms with van der Waals surface area (Å²) >= 11 is 6.09. The molecule has 1 nitrogen and oxygen atoms in total. The Bertz CT molecular complexity index is 385. The topological polar surface area (TPSA) is 26.0 Å². The minimum absolute atomic E-state index is 0.190. The molecule has 0 radical (unpaired) electrons. The molecule has 3 heteroatoms. The van der Waals surface area contributed by atoms with E-state index >= 15 is 0 Å². The van der Waals surface area contributed by atoms with E-state index in [4.69, 9.17) is 17.3 Å². The standard InChI is InChI=1S/C12H15ClFN/c1-3-4-11(13)10-6-9(7-15)12(14)5-8(10)2/h4-6H,3,7,15H2,1-2H3. The fourth-order valence-electron chi connectivity index (χ4n) is 1.42. The van der Waals surface area contributed by atoms with Crippen molar-refractivity contribution in [1.82, 2.24) is 0 Å². The van der Waals surface area contributed by atoms with E-state index in [0.29, 0.717) is 10.6 Å². The van der Waals surface area contributed by atoms with E-state index in [1.165, 1.54) is 6.07 Å². The molecule has 0 aliphatic rings. The van der Waals surface area contributed by atoms with Crippen LogP contribution in [0.4, 0.5) is 4.39 Å². The van der Waals surface area contributed by atoms with Gasteiger partial charge in [-0.25, -0.2) is 4.39 Å². The van der Waals surface area contributed by atoms with Crippen LogP contribution in [0.1, 0.15) is 30.0 Å². The number of allylic oxidation sites excluding steroid dienone is 1. The number of aryl methyl sites for hydroxylation is 1. The zero-order valence-electron chi connectivity index (χ0n) is 8.98. The summed E-state index contributed by atoms with van der Waals surface area (Å²) in [7, 11) is 0. The maximum atomic E-state index is 13.3. The molecule has 0 unspecified atom stereocenters. The van der Waals surface area contributed by atoms with Gasteiger partial charge in [0.15, 0.2) is 0 Å². The number of hydrogen-bond donors (Lipinski definition) is 1. The molecule has 0 saturated heterocycles. The molecule has 0 atom stereocenters. The zero-order valence-corrected chi connectivity index (χ0v) is 9.74. The van der Waals surface area contributed by atoms with Crippen LogP contribution in [0.15, 0.2) is 18.2 Å². The molecule has 1 aromatic rings. The van der Waals surface area contributed by atoms with Gasteiger partial charge >= 0.3 is 0 Å². The molecule has 0 aliphatic carbocycles. The number of halogens is 2. The lowest BCUT2D eigenvalue weighted by Crippen LogP contribution is -2.01. The average Bonchev–Trinajstić information content (AvgIpc) is 2.18. The Hall–Kier alpha value is -0.860. The maximum Gasteiger partial charge on any atom is 0.127 e. The fourth-order valence-corrected chi connectivity index (χ4v) is 1.78. The van der Waals surface area contributed by atoms with Gasteiger partial charge in [-0.1, -0.05) is 24.6 Å². The lowest BCUT2D eigenvalue weighted by Gasteiger charge is -2.08. The first kappa shape index (κ1) is 12.2. The minimum Gasteiger partial charge on any atom is -0.326 e. The van der Waals surface area contributed by atoms with Crippen LogP contribution in [0.25, 0.3) is 5.03 Å². The van der Waals surface area contributed by atoms with Crippen LogP contribution in [0.2, 0.25) is 0 Å². The van der Waals surface area contributed by atoms with Crippen LogP contribution < -0.4 is 5.73 Å². The summed E-state index contributed by atoms with van der Waals surface area (Å²) in [6.45, 7) is 4.03. The van der Waals surface area contributed by atoms with E-state index in [-0.39, 0.29) is 12.4 Å². The Kier molecular flexibility index (Phi) is 4.30. The maximum absolute atomic E-state index is 13.3. The second-order valence-corrected chi connectivity index (χ2v) is 3.83. The van der Waals surface area contributed by atoms with Gasteiger partial charge in [-0.2, -0.15) is 0 Å². The predicted molar refractivity (Wildman–Crippen MR) is 63.1 cm³/mol. The van der Waals surface area contributed by atoms with Crippen molar-refractivity contribution in [3.8, 4) is 0 Å². The summed E-state index contributed by atoms with van der Waals surface area (Å²) in [6.07, 6.45) is 2.76. The third-order valence-electron chi connectivity index (χ3n) is 2.25. The van der Waals surface area contributed by atoms with E-state index < -0.39 is 0 Å². The third-order valence-corrected chi connectivity index (χ3v) is 2.61. The Labute approximate surface area is 94.7 Å². The lowest BCUT2D eigenvalue weighted by atomic mass is 10.0. The molecule has 1 rings (SSSR count). The van der Waals surface area contributed by atoms with Gasteiger partial charge in [-0.05, 0) is 36.6 Å². The van der Waals surface area contributed by atoms with Gasteiger partial charge < -0.3 is 5.73 Å². The van der Waals surface area contributed by atoms with E-state index in [9.17, 15) is 4.39 Å². The average molecular weight is 228 g/mol. The molecule has 1 aromatic carbocycles. The highest BCUT2D eigenvalue weighted by Gasteiger charge is 2.08. The summed E-state index contributed by atoms with van der Waals surface area (Å²) in [5.41, 5.74) is 7.63. The van der Waals surface area contributed by atoms with Crippen molar-refractivity contribution in [2.24, 2.45) is 5.73 Å².